The Kier molecular flexibility index (Phi) is 6.59. The summed E-state index contributed by atoms with van der Waals surface area (Å²) in [5.41, 5.74) is -0.204. The molecule has 3 aliphatic heterocycles. The highest BCUT2D eigenvalue weighted by atomic mass is 19.1. The number of aromatic hydroxyl groups is 1. The van der Waals surface area contributed by atoms with Gasteiger partial charge in [-0.1, -0.05) is 12.0 Å². The Morgan fingerprint density at radius 3 is 2.72 bits per heavy atom. The smallest absolute Gasteiger partial charge is 0.319 e. The van der Waals surface area contributed by atoms with Crippen LogP contribution in [0, 0.1) is 36.8 Å². The third-order valence-corrected chi connectivity index (χ3v) is 9.12. The molecule has 3 aliphatic rings. The highest BCUT2D eigenvalue weighted by Crippen LogP contribution is 2.42. The van der Waals surface area contributed by atoms with Crippen molar-refractivity contribution >= 4 is 27.5 Å². The van der Waals surface area contributed by atoms with Crippen LogP contribution < -0.4 is 9.64 Å². The Hall–Kier alpha value is -4.14. The molecule has 8 nitrogen and oxygen atoms in total. The van der Waals surface area contributed by atoms with Crippen LogP contribution in [0.2, 0.25) is 0 Å². The van der Waals surface area contributed by atoms with Crippen LogP contribution in [0.1, 0.15) is 30.5 Å². The molecular weight excluding hydrogens is 559 g/mol. The monoisotopic (exact) mass is 589 g/mol. The number of terminal acetylenes is 1. The van der Waals surface area contributed by atoms with Crippen LogP contribution in [0.25, 0.3) is 32.9 Å². The number of benzene rings is 2. The summed E-state index contributed by atoms with van der Waals surface area (Å²) < 4.78 is 52.0. The van der Waals surface area contributed by atoms with Gasteiger partial charge in [0.2, 0.25) is 0 Å². The summed E-state index contributed by atoms with van der Waals surface area (Å²) in [5.74, 6) is 1.20. The molecule has 2 atom stereocenters. The fourth-order valence-electron chi connectivity index (χ4n) is 7.04. The van der Waals surface area contributed by atoms with Crippen molar-refractivity contribution in [3.05, 3.63) is 47.2 Å². The molecule has 7 rings (SSSR count). The summed E-state index contributed by atoms with van der Waals surface area (Å²) in [7, 11) is 0. The van der Waals surface area contributed by atoms with Crippen LogP contribution in [0.3, 0.4) is 0 Å². The standard InChI is InChI=1S/C32H30F3N5O3/c1-3-22-24(34)6-5-19-9-21(42)10-23(26(19)22)28-27(35)29-25(17(2)36-28)30(39-12-18(13-39)15-41)38-31(37-29)43-16-32-7-4-8-40(32)14-20(33)11-32/h1,5-6,9-10,18,20,41-42H,4,7-8,11-16H2,2H3/t20-,32+/m1/s1. The number of ether oxygens (including phenoxy) is 1. The summed E-state index contributed by atoms with van der Waals surface area (Å²) in [5, 5.41) is 21.2. The molecule has 2 aromatic carbocycles. The Labute approximate surface area is 246 Å². The number of hydrogen-bond acceptors (Lipinski definition) is 8. The molecule has 4 aromatic rings. The lowest BCUT2D eigenvalue weighted by molar-refractivity contribution is 0.107. The van der Waals surface area contributed by atoms with Crippen molar-refractivity contribution in [1.29, 1.82) is 0 Å². The van der Waals surface area contributed by atoms with Crippen LogP contribution >= 0.6 is 0 Å². The van der Waals surface area contributed by atoms with Crippen molar-refractivity contribution in [2.45, 2.75) is 37.9 Å². The second kappa shape index (κ2) is 10.2. The number of anilines is 1. The molecular formula is C32H30F3N5O3. The van der Waals surface area contributed by atoms with Gasteiger partial charge in [-0.2, -0.15) is 9.97 Å². The van der Waals surface area contributed by atoms with E-state index in [-0.39, 0.29) is 58.6 Å². The first-order valence-corrected chi connectivity index (χ1v) is 14.4. The van der Waals surface area contributed by atoms with Gasteiger partial charge in [-0.15, -0.1) is 6.42 Å². The molecule has 0 aliphatic carbocycles. The lowest BCUT2D eigenvalue weighted by Gasteiger charge is -2.39. The van der Waals surface area contributed by atoms with Crippen molar-refractivity contribution in [2.24, 2.45) is 5.92 Å². The minimum absolute atomic E-state index is 0.0139. The van der Waals surface area contributed by atoms with E-state index in [0.717, 1.165) is 19.4 Å². The highest BCUT2D eigenvalue weighted by Gasteiger charge is 2.49. The minimum atomic E-state index is -0.933. The first-order chi connectivity index (χ1) is 20.7. The molecule has 43 heavy (non-hydrogen) atoms. The Bertz CT molecular complexity index is 1820. The van der Waals surface area contributed by atoms with E-state index in [9.17, 15) is 19.0 Å². The van der Waals surface area contributed by atoms with Crippen LogP contribution in [0.4, 0.5) is 19.0 Å². The maximum absolute atomic E-state index is 16.7. The first-order valence-electron chi connectivity index (χ1n) is 14.4. The molecule has 222 valence electrons. The number of phenolic OH excluding ortho intramolecular Hbond substituents is 1. The zero-order valence-electron chi connectivity index (χ0n) is 23.6. The minimum Gasteiger partial charge on any atom is -0.508 e. The van der Waals surface area contributed by atoms with E-state index >= 15 is 4.39 Å². The first kappa shape index (κ1) is 27.7. The number of aliphatic hydroxyl groups excluding tert-OH is 1. The van der Waals surface area contributed by atoms with Gasteiger partial charge in [-0.05, 0) is 49.9 Å². The summed E-state index contributed by atoms with van der Waals surface area (Å²) in [6, 6.07) is 5.35. The lowest BCUT2D eigenvalue weighted by atomic mass is 9.95. The van der Waals surface area contributed by atoms with Gasteiger partial charge in [-0.3, -0.25) is 4.90 Å². The largest absolute Gasteiger partial charge is 0.508 e. The van der Waals surface area contributed by atoms with Crippen LogP contribution in [0.5, 0.6) is 11.8 Å². The molecule has 0 radical (unpaired) electrons. The number of alkyl halides is 1. The van der Waals surface area contributed by atoms with Crippen molar-refractivity contribution in [2.75, 3.05) is 44.3 Å². The highest BCUT2D eigenvalue weighted by molar-refractivity contribution is 6.03. The zero-order valence-corrected chi connectivity index (χ0v) is 23.6. The second-order valence-corrected chi connectivity index (χ2v) is 11.9. The van der Waals surface area contributed by atoms with E-state index in [2.05, 4.69) is 25.8 Å². The number of nitrogens with zero attached hydrogens (tertiary/aromatic N) is 5. The summed E-state index contributed by atoms with van der Waals surface area (Å²) in [4.78, 5) is 17.8. The molecule has 5 heterocycles. The number of halogens is 3. The van der Waals surface area contributed by atoms with E-state index in [0.29, 0.717) is 48.3 Å². The summed E-state index contributed by atoms with van der Waals surface area (Å²) in [6.45, 7) is 4.06. The normalized spacial score (nSPS) is 22.2. The second-order valence-electron chi connectivity index (χ2n) is 11.9. The van der Waals surface area contributed by atoms with Gasteiger partial charge in [0.1, 0.15) is 41.4 Å². The quantitative estimate of drug-likeness (QED) is 0.318. The van der Waals surface area contributed by atoms with Crippen molar-refractivity contribution < 1.29 is 28.1 Å². The van der Waals surface area contributed by atoms with E-state index < -0.39 is 23.3 Å². The van der Waals surface area contributed by atoms with E-state index in [1.54, 1.807) is 6.92 Å². The zero-order chi connectivity index (χ0) is 30.0. The van der Waals surface area contributed by atoms with E-state index in [1.165, 1.54) is 24.3 Å². The maximum Gasteiger partial charge on any atom is 0.319 e. The van der Waals surface area contributed by atoms with Crippen molar-refractivity contribution in [1.82, 2.24) is 19.9 Å². The van der Waals surface area contributed by atoms with Crippen molar-refractivity contribution in [3.8, 4) is 35.4 Å². The molecule has 3 saturated heterocycles. The van der Waals surface area contributed by atoms with Crippen LogP contribution in [0.15, 0.2) is 24.3 Å². The van der Waals surface area contributed by atoms with Gasteiger partial charge in [0.05, 0.1) is 22.2 Å². The van der Waals surface area contributed by atoms with Crippen LogP contribution in [-0.2, 0) is 0 Å². The summed E-state index contributed by atoms with van der Waals surface area (Å²) in [6.07, 6.45) is 6.81. The van der Waals surface area contributed by atoms with E-state index in [4.69, 9.17) is 11.2 Å². The average Bonchev–Trinajstić information content (AvgIpc) is 3.48. The SMILES string of the molecule is C#Cc1c(F)ccc2cc(O)cc(-c3nc(C)c4c(N5CC(CO)C5)nc(OC[C@@]56CCCN5C[C@H](F)C6)nc4c3F)c12. The molecule has 0 saturated carbocycles. The molecule has 0 unspecified atom stereocenters. The third kappa shape index (κ3) is 4.43. The molecule has 0 amide bonds. The average molecular weight is 590 g/mol. The third-order valence-electron chi connectivity index (χ3n) is 9.12. The molecule has 3 fully saturated rings. The number of rotatable bonds is 6. The van der Waals surface area contributed by atoms with Gasteiger partial charge < -0.3 is 19.8 Å². The molecule has 2 N–H and O–H groups in total. The number of aliphatic hydroxyl groups is 1. The fraction of sp³-hybridized carbons (Fsp3) is 0.406. The predicted octanol–water partition coefficient (Wildman–Crippen LogP) is 4.50. The number of pyridine rings is 1. The molecule has 11 heteroatoms. The molecule has 0 spiro atoms. The number of fused-ring (bicyclic) bond motifs is 3. The van der Waals surface area contributed by atoms with Gasteiger partial charge in [-0.25, -0.2) is 18.2 Å². The predicted molar refractivity (Wildman–Crippen MR) is 156 cm³/mol. The number of hydrogen-bond donors (Lipinski definition) is 2. The fourth-order valence-corrected chi connectivity index (χ4v) is 7.04. The van der Waals surface area contributed by atoms with Gasteiger partial charge >= 0.3 is 6.01 Å². The lowest BCUT2D eigenvalue weighted by Crippen LogP contribution is -2.49. The summed E-state index contributed by atoms with van der Waals surface area (Å²) >= 11 is 0. The Morgan fingerprint density at radius 2 is 1.95 bits per heavy atom. The maximum atomic E-state index is 16.7. The topological polar surface area (TPSA) is 94.8 Å². The Morgan fingerprint density at radius 1 is 1.14 bits per heavy atom. The number of phenols is 1. The molecule has 2 aromatic heterocycles. The molecule has 0 bridgehead atoms. The number of aryl methyl sites for hydroxylation is 1. The van der Waals surface area contributed by atoms with Gasteiger partial charge in [0.25, 0.3) is 0 Å². The number of aromatic nitrogens is 3. The van der Waals surface area contributed by atoms with Crippen LogP contribution in [-0.4, -0.2) is 81.2 Å². The van der Waals surface area contributed by atoms with Crippen molar-refractivity contribution in [3.63, 3.8) is 0 Å². The van der Waals surface area contributed by atoms with Gasteiger partial charge in [0.15, 0.2) is 5.82 Å². The Balaban J connectivity index is 1.39. The van der Waals surface area contributed by atoms with Gasteiger partial charge in [0, 0.05) is 49.5 Å². The van der Waals surface area contributed by atoms with E-state index in [1.807, 2.05) is 4.90 Å².